The van der Waals surface area contributed by atoms with Gasteiger partial charge in [-0.15, -0.1) is 0 Å². The van der Waals surface area contributed by atoms with Gasteiger partial charge in [-0.2, -0.15) is 0 Å². The van der Waals surface area contributed by atoms with Crippen molar-refractivity contribution < 1.29 is 14.7 Å². The Bertz CT molecular complexity index is 480. The van der Waals surface area contributed by atoms with Gasteiger partial charge in [0, 0.05) is 5.69 Å². The van der Waals surface area contributed by atoms with Crippen LogP contribution in [0.2, 0.25) is 0 Å². The Kier molecular flexibility index (Phi) is 4.11. The van der Waals surface area contributed by atoms with Gasteiger partial charge >= 0.3 is 5.97 Å². The van der Waals surface area contributed by atoms with Gasteiger partial charge < -0.3 is 10.4 Å². The third-order valence-electron chi connectivity index (χ3n) is 3.38. The first-order chi connectivity index (χ1) is 8.25. The predicted molar refractivity (Wildman–Crippen MR) is 70.8 cm³/mol. The van der Waals surface area contributed by atoms with Crippen molar-refractivity contribution in [1.82, 2.24) is 0 Å². The molecule has 0 heterocycles. The number of hydrogen-bond acceptors (Lipinski definition) is 2. The molecule has 18 heavy (non-hydrogen) atoms. The summed E-state index contributed by atoms with van der Waals surface area (Å²) in [6, 6.07) is 2.06. The maximum atomic E-state index is 11.8. The van der Waals surface area contributed by atoms with E-state index >= 15 is 0 Å². The average Bonchev–Trinajstić information content (AvgIpc) is 2.30. The van der Waals surface area contributed by atoms with Crippen molar-refractivity contribution in [3.8, 4) is 0 Å². The van der Waals surface area contributed by atoms with Crippen LogP contribution in [0.4, 0.5) is 5.69 Å². The molecule has 1 rings (SSSR count). The second kappa shape index (κ2) is 5.21. The fourth-order valence-electron chi connectivity index (χ4n) is 1.75. The summed E-state index contributed by atoms with van der Waals surface area (Å²) in [5.41, 5.74) is 4.84. The number of aryl methyl sites for hydroxylation is 2. The number of carbonyl (C=O) groups excluding carboxylic acids is 1. The quantitative estimate of drug-likeness (QED) is 0.809. The Morgan fingerprint density at radius 3 is 1.94 bits per heavy atom. The fourth-order valence-corrected chi connectivity index (χ4v) is 1.75. The minimum Gasteiger partial charge on any atom is -0.481 e. The topological polar surface area (TPSA) is 66.4 Å². The van der Waals surface area contributed by atoms with Gasteiger partial charge in [0.25, 0.3) is 0 Å². The summed E-state index contributed by atoms with van der Waals surface area (Å²) >= 11 is 0. The number of amides is 1. The highest BCUT2D eigenvalue weighted by Crippen LogP contribution is 2.26. The number of rotatable bonds is 3. The first kappa shape index (κ1) is 14.2. The van der Waals surface area contributed by atoms with Gasteiger partial charge in [-0.05, 0) is 56.9 Å². The summed E-state index contributed by atoms with van der Waals surface area (Å²) in [6.07, 6.45) is 0. The minimum atomic E-state index is -1.12. The zero-order valence-corrected chi connectivity index (χ0v) is 11.4. The number of benzene rings is 1. The van der Waals surface area contributed by atoms with Crippen molar-refractivity contribution in [2.45, 2.75) is 34.6 Å². The molecule has 2 N–H and O–H groups in total. The van der Waals surface area contributed by atoms with Crippen LogP contribution in [0.1, 0.15) is 29.2 Å². The molecule has 98 valence electrons. The number of aliphatic carboxylic acids is 1. The minimum absolute atomic E-state index is 0.487. The lowest BCUT2D eigenvalue weighted by atomic mass is 9.98. The van der Waals surface area contributed by atoms with Crippen LogP contribution in [0.25, 0.3) is 0 Å². The van der Waals surface area contributed by atoms with Crippen LogP contribution in [-0.4, -0.2) is 17.0 Å². The molecule has 1 unspecified atom stereocenters. The van der Waals surface area contributed by atoms with Gasteiger partial charge in [0.15, 0.2) is 0 Å². The van der Waals surface area contributed by atoms with Gasteiger partial charge in [0.05, 0.1) is 0 Å². The third kappa shape index (κ3) is 2.70. The van der Waals surface area contributed by atoms with Crippen LogP contribution >= 0.6 is 0 Å². The van der Waals surface area contributed by atoms with Crippen molar-refractivity contribution in [2.75, 3.05) is 5.32 Å². The van der Waals surface area contributed by atoms with Crippen LogP contribution in [0.15, 0.2) is 6.07 Å². The van der Waals surface area contributed by atoms with Crippen LogP contribution in [0.5, 0.6) is 0 Å². The van der Waals surface area contributed by atoms with Gasteiger partial charge in [-0.1, -0.05) is 6.07 Å². The molecule has 0 aromatic heterocycles. The van der Waals surface area contributed by atoms with E-state index in [2.05, 4.69) is 11.4 Å². The second-order valence-electron chi connectivity index (χ2n) is 4.68. The highest BCUT2D eigenvalue weighted by atomic mass is 16.4. The molecule has 4 nitrogen and oxygen atoms in total. The van der Waals surface area contributed by atoms with Crippen molar-refractivity contribution in [3.63, 3.8) is 0 Å². The van der Waals surface area contributed by atoms with Gasteiger partial charge in [0.1, 0.15) is 5.92 Å². The Morgan fingerprint density at radius 2 is 1.56 bits per heavy atom. The van der Waals surface area contributed by atoms with E-state index in [1.807, 2.05) is 27.7 Å². The molecule has 1 atom stereocenters. The Hall–Kier alpha value is -1.84. The number of nitrogens with one attached hydrogen (secondary N) is 1. The Morgan fingerprint density at radius 1 is 1.11 bits per heavy atom. The normalized spacial score (nSPS) is 12.1. The van der Waals surface area contributed by atoms with Crippen molar-refractivity contribution >= 4 is 17.6 Å². The van der Waals surface area contributed by atoms with E-state index in [0.717, 1.165) is 27.9 Å². The van der Waals surface area contributed by atoms with Crippen LogP contribution in [-0.2, 0) is 9.59 Å². The van der Waals surface area contributed by atoms with E-state index in [4.69, 9.17) is 5.11 Å². The van der Waals surface area contributed by atoms with Crippen LogP contribution in [0.3, 0.4) is 0 Å². The molecule has 0 radical (unpaired) electrons. The van der Waals surface area contributed by atoms with E-state index in [1.54, 1.807) is 0 Å². The Balaban J connectivity index is 3.12. The number of carbonyl (C=O) groups is 2. The molecule has 0 fully saturated rings. The molecular formula is C14H19NO3. The van der Waals surface area contributed by atoms with Gasteiger partial charge in [0.2, 0.25) is 5.91 Å². The first-order valence-electron chi connectivity index (χ1n) is 5.86. The maximum Gasteiger partial charge on any atom is 0.315 e. The summed E-state index contributed by atoms with van der Waals surface area (Å²) in [7, 11) is 0. The molecule has 0 saturated carbocycles. The van der Waals surface area contributed by atoms with E-state index < -0.39 is 17.8 Å². The summed E-state index contributed by atoms with van der Waals surface area (Å²) in [5.74, 6) is -2.66. The van der Waals surface area contributed by atoms with Crippen LogP contribution < -0.4 is 5.32 Å². The van der Waals surface area contributed by atoms with E-state index in [9.17, 15) is 9.59 Å². The SMILES string of the molecule is Cc1cc(C)c(C)c(NC(=O)C(C)C(=O)O)c1C. The van der Waals surface area contributed by atoms with E-state index in [1.165, 1.54) is 6.92 Å². The van der Waals surface area contributed by atoms with Crippen LogP contribution in [0, 0.1) is 33.6 Å². The average molecular weight is 249 g/mol. The molecule has 4 heteroatoms. The number of anilines is 1. The standard InChI is InChI=1S/C14H19NO3/c1-7-6-8(2)10(4)12(9(7)3)15-13(16)11(5)14(17)18/h6,11H,1-5H3,(H,15,16)(H,17,18). The molecule has 0 aliphatic carbocycles. The molecule has 0 aliphatic heterocycles. The Labute approximate surface area is 107 Å². The second-order valence-corrected chi connectivity index (χ2v) is 4.68. The zero-order valence-electron chi connectivity index (χ0n) is 11.4. The molecule has 0 bridgehead atoms. The molecule has 0 aliphatic rings. The molecular weight excluding hydrogens is 230 g/mol. The highest BCUT2D eigenvalue weighted by molar-refractivity contribution is 6.04. The molecule has 0 spiro atoms. The smallest absolute Gasteiger partial charge is 0.315 e. The third-order valence-corrected chi connectivity index (χ3v) is 3.38. The monoisotopic (exact) mass is 249 g/mol. The predicted octanol–water partition coefficient (Wildman–Crippen LogP) is 2.58. The lowest BCUT2D eigenvalue weighted by Crippen LogP contribution is -2.27. The summed E-state index contributed by atoms with van der Waals surface area (Å²) in [4.78, 5) is 22.6. The lowest BCUT2D eigenvalue weighted by Gasteiger charge is -2.17. The molecule has 1 aromatic carbocycles. The molecule has 1 aromatic rings. The molecule has 1 amide bonds. The van der Waals surface area contributed by atoms with Crippen molar-refractivity contribution in [2.24, 2.45) is 5.92 Å². The first-order valence-corrected chi connectivity index (χ1v) is 5.86. The number of carboxylic acid groups (broad SMARTS) is 1. The fraction of sp³-hybridized carbons (Fsp3) is 0.429. The van der Waals surface area contributed by atoms with E-state index in [-0.39, 0.29) is 0 Å². The number of hydrogen-bond donors (Lipinski definition) is 2. The molecule has 0 saturated heterocycles. The maximum absolute atomic E-state index is 11.8. The van der Waals surface area contributed by atoms with Gasteiger partial charge in [-0.3, -0.25) is 9.59 Å². The van der Waals surface area contributed by atoms with E-state index in [0.29, 0.717) is 0 Å². The van der Waals surface area contributed by atoms with Crippen molar-refractivity contribution in [1.29, 1.82) is 0 Å². The zero-order chi connectivity index (χ0) is 14.0. The highest BCUT2D eigenvalue weighted by Gasteiger charge is 2.22. The van der Waals surface area contributed by atoms with Crippen molar-refractivity contribution in [3.05, 3.63) is 28.3 Å². The summed E-state index contributed by atoms with van der Waals surface area (Å²) in [5, 5.41) is 11.5. The summed E-state index contributed by atoms with van der Waals surface area (Å²) < 4.78 is 0. The van der Waals surface area contributed by atoms with Gasteiger partial charge in [-0.25, -0.2) is 0 Å². The summed E-state index contributed by atoms with van der Waals surface area (Å²) in [6.45, 7) is 9.16. The largest absolute Gasteiger partial charge is 0.481 e. The number of carboxylic acids is 1. The lowest BCUT2D eigenvalue weighted by molar-refractivity contribution is -0.144.